The smallest absolute Gasteiger partial charge is 0.137 e. The van der Waals surface area contributed by atoms with Crippen LogP contribution in [0.1, 0.15) is 26.3 Å². The summed E-state index contributed by atoms with van der Waals surface area (Å²) in [6.07, 6.45) is 2.92. The van der Waals surface area contributed by atoms with Gasteiger partial charge in [0.2, 0.25) is 0 Å². The molecule has 218 valence electrons. The first kappa shape index (κ1) is 29.8. The molecule has 0 radical (unpaired) electrons. The number of halogens is 2. The molecule has 1 atom stereocenters. The molecule has 5 rings (SSSR count). The van der Waals surface area contributed by atoms with Gasteiger partial charge in [0.15, 0.2) is 0 Å². The third-order valence-corrected chi connectivity index (χ3v) is 6.94. The summed E-state index contributed by atoms with van der Waals surface area (Å²) >= 11 is 0. The summed E-state index contributed by atoms with van der Waals surface area (Å²) in [4.78, 5) is 8.67. The summed E-state index contributed by atoms with van der Waals surface area (Å²) in [6, 6.07) is 20.0. The Balaban J connectivity index is 0.000000191. The van der Waals surface area contributed by atoms with Crippen LogP contribution in [0.2, 0.25) is 0 Å². The zero-order chi connectivity index (χ0) is 29.2. The van der Waals surface area contributed by atoms with Gasteiger partial charge >= 0.3 is 0 Å². The average molecular weight is 565 g/mol. The number of anilines is 3. The monoisotopic (exact) mass is 564 g/mol. The van der Waals surface area contributed by atoms with Crippen molar-refractivity contribution in [1.82, 2.24) is 14.8 Å². The van der Waals surface area contributed by atoms with Crippen molar-refractivity contribution < 1.29 is 18.3 Å². The average Bonchev–Trinajstić information content (AvgIpc) is 3.47. The number of hydrogen-bond donors (Lipinski definition) is 1. The van der Waals surface area contributed by atoms with Crippen molar-refractivity contribution >= 4 is 17.1 Å². The lowest BCUT2D eigenvalue weighted by Gasteiger charge is -2.37. The molecule has 0 spiro atoms. The van der Waals surface area contributed by atoms with Gasteiger partial charge in [-0.3, -0.25) is 0 Å². The highest BCUT2D eigenvalue weighted by molar-refractivity contribution is 5.55. The first-order valence-corrected chi connectivity index (χ1v) is 13.8. The highest BCUT2D eigenvalue weighted by atomic mass is 19.1. The second-order valence-electron chi connectivity index (χ2n) is 9.87. The first-order valence-electron chi connectivity index (χ1n) is 13.8. The van der Waals surface area contributed by atoms with Gasteiger partial charge in [-0.05, 0) is 75.4 Å². The molecule has 0 aliphatic carbocycles. The van der Waals surface area contributed by atoms with Crippen molar-refractivity contribution in [1.29, 1.82) is 0 Å². The van der Waals surface area contributed by atoms with Crippen molar-refractivity contribution in [2.75, 3.05) is 54.9 Å². The minimum absolute atomic E-state index is 0.295. The van der Waals surface area contributed by atoms with Crippen molar-refractivity contribution in [3.63, 3.8) is 0 Å². The maximum Gasteiger partial charge on any atom is 0.137 e. The fraction of sp³-hybridized carbons (Fsp3) is 0.355. The third kappa shape index (κ3) is 7.94. The van der Waals surface area contributed by atoms with E-state index in [0.29, 0.717) is 25.3 Å². The van der Waals surface area contributed by atoms with Crippen LogP contribution in [0.25, 0.3) is 0 Å². The largest absolute Gasteiger partial charge is 0.494 e. The molecule has 2 N–H and O–H groups in total. The third-order valence-electron chi connectivity index (χ3n) is 6.94. The fourth-order valence-corrected chi connectivity index (χ4v) is 4.90. The van der Waals surface area contributed by atoms with E-state index in [9.17, 15) is 8.78 Å². The Morgan fingerprint density at radius 1 is 0.854 bits per heavy atom. The Bertz CT molecular complexity index is 1340. The topological polar surface area (TPSA) is 81.7 Å². The molecule has 8 nitrogen and oxygen atoms in total. The lowest BCUT2D eigenvalue weighted by Crippen LogP contribution is -2.46. The predicted octanol–water partition coefficient (Wildman–Crippen LogP) is 5.50. The number of piperazine rings is 1. The quantitative estimate of drug-likeness (QED) is 0.269. The zero-order valence-electron chi connectivity index (χ0n) is 23.8. The molecule has 1 aromatic heterocycles. The summed E-state index contributed by atoms with van der Waals surface area (Å²) in [5.41, 5.74) is 8.45. The Labute approximate surface area is 240 Å². The number of ether oxygens (including phenoxy) is 2. The molecular formula is C31H38F2N6O2. The van der Waals surface area contributed by atoms with Gasteiger partial charge in [0.05, 0.1) is 13.2 Å². The summed E-state index contributed by atoms with van der Waals surface area (Å²) in [5.74, 6) is -0.302. The molecule has 4 aromatic rings. The van der Waals surface area contributed by atoms with Crippen LogP contribution < -0.4 is 20.3 Å². The van der Waals surface area contributed by atoms with E-state index in [1.807, 2.05) is 38.1 Å². The highest BCUT2D eigenvalue weighted by Gasteiger charge is 2.31. The molecule has 10 heteroatoms. The molecule has 1 saturated heterocycles. The van der Waals surface area contributed by atoms with Gasteiger partial charge in [-0.2, -0.15) is 5.10 Å². The number of aromatic nitrogens is 3. The standard InChI is InChI=1S/C18H23N3O.C13H15F2N3O/c1-2-22-18-9-7-17(8-10-18)21-13-11-20(12-14-21)16-5-3-15(19)4-6-16;1-3-19-13(2,7-18-9-16-8-17-18)11-5-4-10(14)6-12(11)15/h3-10H,2,11-14,19H2,1H3;4-6,8-9H,3,7H2,1-2H3/t;13-/m.0/s1. The number of rotatable bonds is 9. The van der Waals surface area contributed by atoms with Gasteiger partial charge in [-0.1, -0.05) is 6.07 Å². The van der Waals surface area contributed by atoms with Crippen LogP contribution >= 0.6 is 0 Å². The maximum atomic E-state index is 13.9. The van der Waals surface area contributed by atoms with E-state index in [2.05, 4.69) is 44.1 Å². The van der Waals surface area contributed by atoms with E-state index in [4.69, 9.17) is 15.2 Å². The molecule has 0 amide bonds. The van der Waals surface area contributed by atoms with Crippen LogP contribution in [0.4, 0.5) is 25.8 Å². The Kier molecular flexibility index (Phi) is 10.1. The summed E-state index contributed by atoms with van der Waals surface area (Å²) in [5, 5.41) is 3.99. The molecule has 0 unspecified atom stereocenters. The van der Waals surface area contributed by atoms with Crippen LogP contribution in [0.15, 0.2) is 79.4 Å². The number of nitrogens with two attached hydrogens (primary N) is 1. The van der Waals surface area contributed by atoms with E-state index in [1.54, 1.807) is 11.6 Å². The van der Waals surface area contributed by atoms with Crippen LogP contribution in [-0.4, -0.2) is 54.2 Å². The van der Waals surface area contributed by atoms with E-state index in [-0.39, 0.29) is 0 Å². The first-order chi connectivity index (χ1) is 19.8. The lowest BCUT2D eigenvalue weighted by molar-refractivity contribution is -0.0470. The molecule has 1 aliphatic rings. The van der Waals surface area contributed by atoms with Crippen LogP contribution in [0.5, 0.6) is 5.75 Å². The van der Waals surface area contributed by atoms with E-state index in [0.717, 1.165) is 43.7 Å². The molecule has 1 aliphatic heterocycles. The minimum Gasteiger partial charge on any atom is -0.494 e. The molecule has 1 fully saturated rings. The summed E-state index contributed by atoms with van der Waals surface area (Å²) in [6.45, 7) is 11.1. The van der Waals surface area contributed by atoms with E-state index >= 15 is 0 Å². The SMILES string of the molecule is CCO[C@@](C)(Cn1cncn1)c1ccc(F)cc1F.CCOc1ccc(N2CCN(c3ccc(N)cc3)CC2)cc1. The van der Waals surface area contributed by atoms with Crippen molar-refractivity contribution in [2.24, 2.45) is 0 Å². The van der Waals surface area contributed by atoms with Gasteiger partial charge < -0.3 is 25.0 Å². The summed E-state index contributed by atoms with van der Waals surface area (Å²) in [7, 11) is 0. The second-order valence-corrected chi connectivity index (χ2v) is 9.87. The summed E-state index contributed by atoms with van der Waals surface area (Å²) < 4.78 is 39.6. The number of hydrogen-bond acceptors (Lipinski definition) is 7. The fourth-order valence-electron chi connectivity index (χ4n) is 4.90. The Morgan fingerprint density at radius 3 is 1.98 bits per heavy atom. The van der Waals surface area contributed by atoms with Crippen LogP contribution in [0, 0.1) is 11.6 Å². The normalized spacial score (nSPS) is 14.7. The molecular weight excluding hydrogens is 526 g/mol. The zero-order valence-corrected chi connectivity index (χ0v) is 23.8. The number of nitrogen functional groups attached to an aromatic ring is 1. The van der Waals surface area contributed by atoms with Gasteiger partial charge in [0.25, 0.3) is 0 Å². The van der Waals surface area contributed by atoms with Crippen LogP contribution in [-0.2, 0) is 16.9 Å². The highest BCUT2D eigenvalue weighted by Crippen LogP contribution is 2.30. The number of benzene rings is 3. The van der Waals surface area contributed by atoms with Crippen molar-refractivity contribution in [2.45, 2.75) is 32.9 Å². The minimum atomic E-state index is -0.930. The second kappa shape index (κ2) is 13.9. The number of nitrogens with zero attached hydrogens (tertiary/aromatic N) is 5. The Hall–Kier alpha value is -4.18. The molecule has 3 aromatic carbocycles. The molecule has 0 saturated carbocycles. The van der Waals surface area contributed by atoms with Gasteiger partial charge in [-0.15, -0.1) is 0 Å². The van der Waals surface area contributed by atoms with Crippen molar-refractivity contribution in [3.8, 4) is 5.75 Å². The van der Waals surface area contributed by atoms with E-state index < -0.39 is 17.2 Å². The van der Waals surface area contributed by atoms with Gasteiger partial charge in [-0.25, -0.2) is 18.4 Å². The predicted molar refractivity (Wildman–Crippen MR) is 158 cm³/mol. The molecule has 0 bridgehead atoms. The van der Waals surface area contributed by atoms with Crippen molar-refractivity contribution in [3.05, 3.63) is 96.6 Å². The van der Waals surface area contributed by atoms with Crippen LogP contribution in [0.3, 0.4) is 0 Å². The lowest BCUT2D eigenvalue weighted by atomic mass is 9.95. The Morgan fingerprint density at radius 2 is 1.46 bits per heavy atom. The molecule has 2 heterocycles. The molecule has 41 heavy (non-hydrogen) atoms. The van der Waals surface area contributed by atoms with Gasteiger partial charge in [0.1, 0.15) is 35.6 Å². The van der Waals surface area contributed by atoms with E-state index in [1.165, 1.54) is 36.2 Å². The van der Waals surface area contributed by atoms with Gasteiger partial charge in [0, 0.05) is 61.5 Å². The maximum absolute atomic E-state index is 13.9.